The monoisotopic (exact) mass is 388 g/mol. The van der Waals surface area contributed by atoms with Crippen molar-refractivity contribution in [1.29, 1.82) is 5.26 Å². The molecule has 2 N–H and O–H groups in total. The van der Waals surface area contributed by atoms with E-state index in [0.717, 1.165) is 32.8 Å². The van der Waals surface area contributed by atoms with Gasteiger partial charge in [-0.05, 0) is 53.6 Å². The highest BCUT2D eigenvalue weighted by molar-refractivity contribution is 6.32. The molecular weight excluding hydrogens is 368 g/mol. The SMILES string of the molecule is C=c1ccc(Cn2nc(N)c(-c3ccc(C#N)c(Cl)c3)c2C)c/c1=C/C=C\C. The smallest absolute Gasteiger partial charge is 0.153 e. The molecule has 1 aromatic heterocycles. The van der Waals surface area contributed by atoms with E-state index in [1.807, 2.05) is 55.0 Å². The molecule has 4 nitrogen and oxygen atoms in total. The van der Waals surface area contributed by atoms with E-state index in [9.17, 15) is 0 Å². The van der Waals surface area contributed by atoms with Gasteiger partial charge in [0.2, 0.25) is 0 Å². The summed E-state index contributed by atoms with van der Waals surface area (Å²) in [5.74, 6) is 0.438. The fraction of sp³-hybridized carbons (Fsp3) is 0.130. The van der Waals surface area contributed by atoms with Gasteiger partial charge in [-0.1, -0.05) is 54.6 Å². The fourth-order valence-corrected chi connectivity index (χ4v) is 3.33. The van der Waals surface area contributed by atoms with Crippen molar-refractivity contribution in [2.75, 3.05) is 5.73 Å². The van der Waals surface area contributed by atoms with Crippen LogP contribution >= 0.6 is 11.6 Å². The van der Waals surface area contributed by atoms with Gasteiger partial charge in [-0.2, -0.15) is 10.4 Å². The van der Waals surface area contributed by atoms with E-state index < -0.39 is 0 Å². The average Bonchev–Trinajstić information content (AvgIpc) is 2.95. The lowest BCUT2D eigenvalue weighted by molar-refractivity contribution is 0.668. The molecule has 2 aromatic carbocycles. The molecule has 0 amide bonds. The Labute approximate surface area is 169 Å². The summed E-state index contributed by atoms with van der Waals surface area (Å²) in [6.07, 6.45) is 6.03. The van der Waals surface area contributed by atoms with Crippen molar-refractivity contribution in [2.45, 2.75) is 20.4 Å². The van der Waals surface area contributed by atoms with Crippen LogP contribution in [0, 0.1) is 18.3 Å². The molecule has 0 aliphatic heterocycles. The van der Waals surface area contributed by atoms with Crippen molar-refractivity contribution in [3.8, 4) is 17.2 Å². The topological polar surface area (TPSA) is 67.6 Å². The zero-order valence-corrected chi connectivity index (χ0v) is 16.7. The van der Waals surface area contributed by atoms with Gasteiger partial charge in [0.05, 0.1) is 17.1 Å². The Hall–Kier alpha value is -3.29. The molecule has 0 fully saturated rings. The second kappa shape index (κ2) is 8.16. The maximum atomic E-state index is 9.07. The normalized spacial score (nSPS) is 11.9. The van der Waals surface area contributed by atoms with Crippen LogP contribution < -0.4 is 16.2 Å². The van der Waals surface area contributed by atoms with Gasteiger partial charge in [0.1, 0.15) is 6.07 Å². The number of aromatic nitrogens is 2. The highest BCUT2D eigenvalue weighted by atomic mass is 35.5. The van der Waals surface area contributed by atoms with Crippen molar-refractivity contribution in [3.05, 3.63) is 80.8 Å². The summed E-state index contributed by atoms with van der Waals surface area (Å²) in [5.41, 5.74) is 10.4. The number of hydrogen-bond donors (Lipinski definition) is 1. The van der Waals surface area contributed by atoms with E-state index >= 15 is 0 Å². The molecule has 0 aliphatic carbocycles. The van der Waals surface area contributed by atoms with Gasteiger partial charge in [0.25, 0.3) is 0 Å². The quantitative estimate of drug-likeness (QED) is 0.739. The molecule has 0 spiro atoms. The minimum Gasteiger partial charge on any atom is -0.382 e. The molecular formula is C23H21ClN4. The first kappa shape index (κ1) is 19.5. The molecule has 0 unspecified atom stereocenters. The predicted molar refractivity (Wildman–Crippen MR) is 116 cm³/mol. The fourth-order valence-electron chi connectivity index (χ4n) is 3.11. The van der Waals surface area contributed by atoms with Gasteiger partial charge in [-0.3, -0.25) is 4.68 Å². The number of rotatable bonds is 4. The van der Waals surface area contributed by atoms with E-state index in [2.05, 4.69) is 23.8 Å². The molecule has 3 aromatic rings. The first-order chi connectivity index (χ1) is 13.4. The van der Waals surface area contributed by atoms with Gasteiger partial charge in [0, 0.05) is 11.3 Å². The molecule has 140 valence electrons. The van der Waals surface area contributed by atoms with Gasteiger partial charge in [-0.15, -0.1) is 0 Å². The molecule has 1 heterocycles. The van der Waals surface area contributed by atoms with Crippen LogP contribution in [0.15, 0.2) is 48.6 Å². The third-order valence-electron chi connectivity index (χ3n) is 4.62. The third kappa shape index (κ3) is 3.85. The predicted octanol–water partition coefficient (Wildman–Crippen LogP) is 3.78. The molecule has 0 aliphatic rings. The Balaban J connectivity index is 2.01. The molecule has 28 heavy (non-hydrogen) atoms. The second-order valence-electron chi connectivity index (χ2n) is 6.54. The Morgan fingerprint density at radius 1 is 1.29 bits per heavy atom. The Morgan fingerprint density at radius 3 is 2.75 bits per heavy atom. The Bertz CT molecular complexity index is 1210. The number of nitrogens with zero attached hydrogens (tertiary/aromatic N) is 3. The Morgan fingerprint density at radius 2 is 2.07 bits per heavy atom. The van der Waals surface area contributed by atoms with Gasteiger partial charge >= 0.3 is 0 Å². The van der Waals surface area contributed by atoms with Crippen molar-refractivity contribution >= 4 is 30.1 Å². The number of nitrogen functional groups attached to an aromatic ring is 1. The van der Waals surface area contributed by atoms with E-state index in [1.54, 1.807) is 12.1 Å². The molecule has 5 heteroatoms. The first-order valence-electron chi connectivity index (χ1n) is 8.88. The highest BCUT2D eigenvalue weighted by Crippen LogP contribution is 2.32. The summed E-state index contributed by atoms with van der Waals surface area (Å²) in [6.45, 7) is 8.63. The van der Waals surface area contributed by atoms with Crippen LogP contribution in [0.4, 0.5) is 5.82 Å². The highest BCUT2D eigenvalue weighted by Gasteiger charge is 2.15. The van der Waals surface area contributed by atoms with Crippen LogP contribution in [0.3, 0.4) is 0 Å². The number of hydrogen-bond acceptors (Lipinski definition) is 3. The maximum Gasteiger partial charge on any atom is 0.153 e. The van der Waals surface area contributed by atoms with Crippen LogP contribution in [0.1, 0.15) is 23.7 Å². The van der Waals surface area contributed by atoms with Crippen molar-refractivity contribution in [1.82, 2.24) is 9.78 Å². The zero-order valence-electron chi connectivity index (χ0n) is 15.9. The number of allylic oxidation sites excluding steroid dienone is 2. The lowest BCUT2D eigenvalue weighted by Crippen LogP contribution is -2.23. The van der Waals surface area contributed by atoms with Gasteiger partial charge < -0.3 is 5.73 Å². The summed E-state index contributed by atoms with van der Waals surface area (Å²) >= 11 is 6.19. The van der Waals surface area contributed by atoms with Crippen LogP contribution in [-0.4, -0.2) is 9.78 Å². The van der Waals surface area contributed by atoms with Gasteiger partial charge in [-0.25, -0.2) is 0 Å². The number of anilines is 1. The van der Waals surface area contributed by atoms with E-state index in [1.165, 1.54) is 0 Å². The largest absolute Gasteiger partial charge is 0.382 e. The van der Waals surface area contributed by atoms with Crippen LogP contribution in [-0.2, 0) is 6.54 Å². The maximum absolute atomic E-state index is 9.07. The number of benzene rings is 2. The standard InChI is InChI=1S/C23H21ClN4/c1-4-5-6-18-11-17(8-7-15(18)2)14-28-16(3)22(23(26)27-28)19-9-10-20(13-25)21(24)12-19/h4-12H,2,14H2,1,3H3,(H2,26,27)/b5-4-,18-6-. The Kier molecular flexibility index (Phi) is 5.67. The average molecular weight is 389 g/mol. The van der Waals surface area contributed by atoms with Crippen LogP contribution in [0.2, 0.25) is 5.02 Å². The van der Waals surface area contributed by atoms with E-state index in [-0.39, 0.29) is 0 Å². The molecule has 0 atom stereocenters. The minimum absolute atomic E-state index is 0.404. The van der Waals surface area contributed by atoms with Crippen molar-refractivity contribution in [3.63, 3.8) is 0 Å². The lowest BCUT2D eigenvalue weighted by Gasteiger charge is -2.07. The van der Waals surface area contributed by atoms with E-state index in [0.29, 0.717) is 22.9 Å². The zero-order chi connectivity index (χ0) is 20.3. The minimum atomic E-state index is 0.404. The molecule has 0 saturated heterocycles. The molecule has 0 radical (unpaired) electrons. The summed E-state index contributed by atoms with van der Waals surface area (Å²) in [4.78, 5) is 0. The lowest BCUT2D eigenvalue weighted by atomic mass is 10.0. The first-order valence-corrected chi connectivity index (χ1v) is 9.26. The van der Waals surface area contributed by atoms with Crippen molar-refractivity contribution in [2.24, 2.45) is 0 Å². The summed E-state index contributed by atoms with van der Waals surface area (Å²) < 4.78 is 1.88. The second-order valence-corrected chi connectivity index (χ2v) is 6.94. The molecule has 0 bridgehead atoms. The summed E-state index contributed by atoms with van der Waals surface area (Å²) in [7, 11) is 0. The van der Waals surface area contributed by atoms with Crippen molar-refractivity contribution < 1.29 is 0 Å². The number of halogens is 1. The summed E-state index contributed by atoms with van der Waals surface area (Å²) in [6, 6.07) is 13.5. The van der Waals surface area contributed by atoms with Crippen LogP contribution in [0.25, 0.3) is 23.8 Å². The van der Waals surface area contributed by atoms with Crippen LogP contribution in [0.5, 0.6) is 0 Å². The third-order valence-corrected chi connectivity index (χ3v) is 4.94. The molecule has 3 rings (SSSR count). The number of nitriles is 1. The number of nitrogens with two attached hydrogens (primary N) is 1. The van der Waals surface area contributed by atoms with E-state index in [4.69, 9.17) is 22.6 Å². The summed E-state index contributed by atoms with van der Waals surface area (Å²) in [5, 5.41) is 16.0. The molecule has 0 saturated carbocycles. The van der Waals surface area contributed by atoms with Gasteiger partial charge in [0.15, 0.2) is 5.82 Å².